The van der Waals surface area contributed by atoms with Gasteiger partial charge in [0.15, 0.2) is 0 Å². The minimum absolute atomic E-state index is 0.198. The molecular weight excluding hydrogens is 522 g/mol. The summed E-state index contributed by atoms with van der Waals surface area (Å²) in [6, 6.07) is 2.98. The van der Waals surface area contributed by atoms with E-state index in [1.54, 1.807) is 0 Å². The van der Waals surface area contributed by atoms with Crippen molar-refractivity contribution in [2.45, 2.75) is 194 Å². The number of hydrogen-bond acceptors (Lipinski definition) is 3. The Balaban J connectivity index is 1.20. The van der Waals surface area contributed by atoms with Crippen molar-refractivity contribution in [1.29, 1.82) is 0 Å². The van der Waals surface area contributed by atoms with Crippen molar-refractivity contribution in [1.82, 2.24) is 14.7 Å². The summed E-state index contributed by atoms with van der Waals surface area (Å²) in [4.78, 5) is 9.23. The molecule has 3 heteroatoms. The van der Waals surface area contributed by atoms with Crippen LogP contribution >= 0.6 is 0 Å². The highest BCUT2D eigenvalue weighted by atomic mass is 15.4. The minimum atomic E-state index is 0.198. The molecule has 10 bridgehead atoms. The molecule has 10 aliphatic rings. The molecule has 246 valence electrons. The van der Waals surface area contributed by atoms with Crippen LogP contribution in [0.1, 0.15) is 153 Å². The zero-order valence-corrected chi connectivity index (χ0v) is 30.5. The summed E-state index contributed by atoms with van der Waals surface area (Å²) in [5.74, 6) is 5.68. The van der Waals surface area contributed by atoms with Crippen LogP contribution in [0.4, 0.5) is 0 Å². The van der Waals surface area contributed by atoms with Crippen molar-refractivity contribution < 1.29 is 0 Å². The average molecular weight is 594 g/mol. The summed E-state index contributed by atoms with van der Waals surface area (Å²) in [6.07, 6.45) is 17.4. The lowest BCUT2D eigenvalue weighted by atomic mass is 9.54. The molecule has 10 rings (SSSR count). The first-order valence-corrected chi connectivity index (χ1v) is 19.3. The van der Waals surface area contributed by atoms with Crippen molar-refractivity contribution >= 4 is 0 Å². The summed E-state index contributed by atoms with van der Waals surface area (Å²) in [6.45, 7) is 31.8. The molecular formula is C40H71N3. The predicted molar refractivity (Wildman–Crippen MR) is 182 cm³/mol. The Labute approximate surface area is 267 Å². The Bertz CT molecular complexity index is 1010. The van der Waals surface area contributed by atoms with E-state index < -0.39 is 0 Å². The Hall–Kier alpha value is -0.120. The van der Waals surface area contributed by atoms with Crippen LogP contribution in [0.2, 0.25) is 0 Å². The van der Waals surface area contributed by atoms with Crippen LogP contribution in [-0.2, 0) is 0 Å². The molecule has 0 spiro atoms. The molecule has 2 saturated carbocycles. The van der Waals surface area contributed by atoms with Gasteiger partial charge in [-0.1, -0.05) is 34.6 Å². The highest BCUT2D eigenvalue weighted by Crippen LogP contribution is 2.61. The van der Waals surface area contributed by atoms with E-state index in [4.69, 9.17) is 0 Å². The summed E-state index contributed by atoms with van der Waals surface area (Å²) in [5.41, 5.74) is 1.44. The fourth-order valence-corrected chi connectivity index (χ4v) is 14.0. The molecule has 8 aliphatic heterocycles. The van der Waals surface area contributed by atoms with Gasteiger partial charge < -0.3 is 0 Å². The van der Waals surface area contributed by atoms with E-state index in [2.05, 4.69) is 90.9 Å². The van der Waals surface area contributed by atoms with Gasteiger partial charge in [0, 0.05) is 53.9 Å². The van der Waals surface area contributed by atoms with E-state index in [-0.39, 0.29) is 16.6 Å². The molecule has 0 radical (unpaired) electrons. The summed E-state index contributed by atoms with van der Waals surface area (Å²) >= 11 is 0. The van der Waals surface area contributed by atoms with Gasteiger partial charge in [-0.2, -0.15) is 0 Å². The maximum Gasteiger partial charge on any atom is 0.0338 e. The third kappa shape index (κ3) is 4.48. The molecule has 0 aromatic rings. The van der Waals surface area contributed by atoms with Gasteiger partial charge in [-0.25, -0.2) is 0 Å². The molecule has 3 nitrogen and oxygen atoms in total. The maximum atomic E-state index is 3.11. The number of piperidine rings is 1. The number of hydrogen-bond donors (Lipinski definition) is 0. The van der Waals surface area contributed by atoms with Crippen LogP contribution in [0, 0.1) is 46.3 Å². The van der Waals surface area contributed by atoms with Crippen LogP contribution in [0.3, 0.4) is 0 Å². The van der Waals surface area contributed by atoms with Crippen molar-refractivity contribution in [3.8, 4) is 0 Å². The molecule has 10 fully saturated rings. The summed E-state index contributed by atoms with van der Waals surface area (Å²) in [5, 5.41) is 0. The Morgan fingerprint density at radius 3 is 1.58 bits per heavy atom. The first-order chi connectivity index (χ1) is 20.0. The largest absolute Gasteiger partial charge is 0.295 e. The average Bonchev–Trinajstić information content (AvgIpc) is 3.48. The van der Waals surface area contributed by atoms with E-state index in [0.717, 1.165) is 59.7 Å². The second-order valence-corrected chi connectivity index (χ2v) is 20.3. The molecule has 0 N–H and O–H groups in total. The van der Waals surface area contributed by atoms with E-state index in [9.17, 15) is 0 Å². The molecule has 7 atom stereocenters. The first-order valence-electron chi connectivity index (χ1n) is 19.3. The summed E-state index contributed by atoms with van der Waals surface area (Å²) < 4.78 is 0. The van der Waals surface area contributed by atoms with Gasteiger partial charge >= 0.3 is 0 Å². The Morgan fingerprint density at radius 2 is 1.09 bits per heavy atom. The Morgan fingerprint density at radius 1 is 0.628 bits per heavy atom. The van der Waals surface area contributed by atoms with Gasteiger partial charge in [-0.3, -0.25) is 14.7 Å². The van der Waals surface area contributed by atoms with Crippen molar-refractivity contribution in [2.24, 2.45) is 46.3 Å². The van der Waals surface area contributed by atoms with Crippen LogP contribution < -0.4 is 0 Å². The smallest absolute Gasteiger partial charge is 0.0338 e. The Kier molecular flexibility index (Phi) is 7.46. The van der Waals surface area contributed by atoms with Gasteiger partial charge in [0.05, 0.1) is 0 Å². The summed E-state index contributed by atoms with van der Waals surface area (Å²) in [7, 11) is 0. The molecule has 2 aliphatic carbocycles. The second kappa shape index (κ2) is 10.2. The zero-order chi connectivity index (χ0) is 30.9. The normalized spacial score (nSPS) is 51.1. The van der Waals surface area contributed by atoms with E-state index in [1.807, 2.05) is 0 Å². The molecule has 0 amide bonds. The SMILES string of the molecule is CC(C)C1C2CCC1CC(C(C)(C)CCC1(C)C3CC4CCC(C3)N4C(C)(C)C(C)(C)N3C4CCC3CN(C4)C1(C)C)C2. The van der Waals surface area contributed by atoms with E-state index >= 15 is 0 Å². The number of nitrogens with zero attached hydrogens (tertiary/aromatic N) is 3. The minimum Gasteiger partial charge on any atom is -0.295 e. The van der Waals surface area contributed by atoms with Gasteiger partial charge in [-0.15, -0.1) is 0 Å². The van der Waals surface area contributed by atoms with Crippen molar-refractivity contribution in [3.63, 3.8) is 0 Å². The molecule has 0 aromatic heterocycles. The van der Waals surface area contributed by atoms with Crippen molar-refractivity contribution in [2.75, 3.05) is 13.1 Å². The highest BCUT2D eigenvalue weighted by Gasteiger charge is 2.63. The van der Waals surface area contributed by atoms with Gasteiger partial charge in [-0.05, 0) is 165 Å². The lowest BCUT2D eigenvalue weighted by Crippen LogP contribution is -2.76. The standard InChI is InChI=1S/C40H71N3/c1-26(2)35-27-12-13-28(35)21-29(20-27)36(3,4)18-19-40(11)30-22-31-14-15-32(23-30)42(31)37(5,6)38(7,8)43-33-16-17-34(43)25-41(24-33)39(40,9)10/h26-35H,12-25H2,1-11H3. The topological polar surface area (TPSA) is 9.72 Å². The molecule has 7 unspecified atom stereocenters. The monoisotopic (exact) mass is 594 g/mol. The number of piperazine rings is 1. The fraction of sp³-hybridized carbons (Fsp3) is 1.00. The van der Waals surface area contributed by atoms with E-state index in [0.29, 0.717) is 10.8 Å². The lowest BCUT2D eigenvalue weighted by molar-refractivity contribution is -0.167. The number of rotatable bonds is 5. The van der Waals surface area contributed by atoms with Crippen LogP contribution in [-0.4, -0.2) is 68.6 Å². The maximum absolute atomic E-state index is 3.11. The zero-order valence-electron chi connectivity index (χ0n) is 30.5. The molecule has 0 aromatic carbocycles. The molecule has 8 heterocycles. The number of fused-ring (bicyclic) bond motifs is 2. The third-order valence-electron chi connectivity index (χ3n) is 17.4. The van der Waals surface area contributed by atoms with Crippen LogP contribution in [0.15, 0.2) is 0 Å². The predicted octanol–water partition coefficient (Wildman–Crippen LogP) is 9.25. The quantitative estimate of drug-likeness (QED) is 0.315. The van der Waals surface area contributed by atoms with Gasteiger partial charge in [0.1, 0.15) is 0 Å². The van der Waals surface area contributed by atoms with Gasteiger partial charge in [0.2, 0.25) is 0 Å². The third-order valence-corrected chi connectivity index (χ3v) is 17.4. The van der Waals surface area contributed by atoms with Crippen LogP contribution in [0.25, 0.3) is 0 Å². The van der Waals surface area contributed by atoms with Gasteiger partial charge in [0.25, 0.3) is 0 Å². The van der Waals surface area contributed by atoms with Crippen LogP contribution in [0.5, 0.6) is 0 Å². The first kappa shape index (κ1) is 31.5. The fourth-order valence-electron chi connectivity index (χ4n) is 14.0. The molecule has 43 heavy (non-hydrogen) atoms. The highest BCUT2D eigenvalue weighted by molar-refractivity contribution is 5.18. The lowest BCUT2D eigenvalue weighted by Gasteiger charge is -2.66. The van der Waals surface area contributed by atoms with E-state index in [1.165, 1.54) is 90.1 Å². The van der Waals surface area contributed by atoms with Crippen molar-refractivity contribution in [3.05, 3.63) is 0 Å². The molecule has 8 saturated heterocycles. The second-order valence-electron chi connectivity index (χ2n) is 20.3.